The molecule has 154 valence electrons. The summed E-state index contributed by atoms with van der Waals surface area (Å²) in [6.45, 7) is 1.15. The quantitative estimate of drug-likeness (QED) is 0.654. The van der Waals surface area contributed by atoms with Crippen LogP contribution in [0.4, 0.5) is 10.1 Å². The molecule has 1 N–H and O–H groups in total. The number of sulfonamides is 1. The molecule has 0 spiro atoms. The third kappa shape index (κ3) is 4.27. The molecular weight excluding hydrogens is 403 g/mol. The monoisotopic (exact) mass is 424 g/mol. The second-order valence-corrected chi connectivity index (χ2v) is 9.11. The van der Waals surface area contributed by atoms with Crippen LogP contribution in [0.1, 0.15) is 23.2 Å². The molecule has 1 aliphatic rings. The number of hydrogen-bond donors (Lipinski definition) is 1. The second kappa shape index (κ2) is 8.38. The van der Waals surface area contributed by atoms with Gasteiger partial charge < -0.3 is 5.32 Å². The largest absolute Gasteiger partial charge is 0.322 e. The van der Waals surface area contributed by atoms with Gasteiger partial charge in [0.25, 0.3) is 5.91 Å². The average molecular weight is 424 g/mol. The number of nitrogens with one attached hydrogen (secondary N) is 1. The van der Waals surface area contributed by atoms with Crippen molar-refractivity contribution in [2.75, 3.05) is 18.4 Å². The molecule has 0 radical (unpaired) electrons. The van der Waals surface area contributed by atoms with E-state index in [2.05, 4.69) is 5.32 Å². The van der Waals surface area contributed by atoms with Crippen LogP contribution < -0.4 is 5.32 Å². The molecule has 5 nitrogen and oxygen atoms in total. The van der Waals surface area contributed by atoms with Crippen molar-refractivity contribution in [1.82, 2.24) is 4.31 Å². The molecule has 1 saturated heterocycles. The Morgan fingerprint density at radius 3 is 1.90 bits per heavy atom. The Bertz CT molecular complexity index is 1140. The zero-order chi connectivity index (χ0) is 21.1. The summed E-state index contributed by atoms with van der Waals surface area (Å²) >= 11 is 0. The van der Waals surface area contributed by atoms with Crippen LogP contribution in [0.5, 0.6) is 0 Å². The summed E-state index contributed by atoms with van der Waals surface area (Å²) in [5.41, 5.74) is 2.72. The Balaban J connectivity index is 1.47. The maximum atomic E-state index is 13.0. The lowest BCUT2D eigenvalue weighted by atomic mass is 10.0. The first-order valence-corrected chi connectivity index (χ1v) is 11.1. The minimum Gasteiger partial charge on any atom is -0.322 e. The zero-order valence-corrected chi connectivity index (χ0v) is 17.0. The van der Waals surface area contributed by atoms with Gasteiger partial charge in [0.05, 0.1) is 4.90 Å². The van der Waals surface area contributed by atoms with Crippen LogP contribution in [-0.4, -0.2) is 31.7 Å². The smallest absolute Gasteiger partial charge is 0.255 e. The van der Waals surface area contributed by atoms with E-state index >= 15 is 0 Å². The topological polar surface area (TPSA) is 66.5 Å². The average Bonchev–Trinajstić information content (AvgIpc) is 3.31. The van der Waals surface area contributed by atoms with E-state index in [1.54, 1.807) is 36.4 Å². The van der Waals surface area contributed by atoms with Gasteiger partial charge in [0, 0.05) is 24.3 Å². The molecule has 3 aromatic rings. The van der Waals surface area contributed by atoms with Gasteiger partial charge in [0.2, 0.25) is 10.0 Å². The van der Waals surface area contributed by atoms with Gasteiger partial charge in [0.1, 0.15) is 5.82 Å². The highest BCUT2D eigenvalue weighted by molar-refractivity contribution is 7.89. The highest BCUT2D eigenvalue weighted by Gasteiger charge is 2.26. The predicted octanol–water partition coefficient (Wildman–Crippen LogP) is 4.53. The molecule has 1 heterocycles. The van der Waals surface area contributed by atoms with Crippen LogP contribution in [-0.2, 0) is 10.0 Å². The summed E-state index contributed by atoms with van der Waals surface area (Å²) in [7, 11) is -3.43. The van der Waals surface area contributed by atoms with E-state index < -0.39 is 10.0 Å². The number of carbonyl (C=O) groups is 1. The molecule has 0 unspecified atom stereocenters. The Morgan fingerprint density at radius 1 is 0.800 bits per heavy atom. The van der Waals surface area contributed by atoms with Gasteiger partial charge in [-0.05, 0) is 72.5 Å². The SMILES string of the molecule is O=C(Nc1ccc(F)cc1)c1ccc(-c2ccc(S(=O)(=O)N3CCCC3)cc2)cc1. The van der Waals surface area contributed by atoms with Gasteiger partial charge in [-0.2, -0.15) is 4.31 Å². The minimum absolute atomic E-state index is 0.291. The second-order valence-electron chi connectivity index (χ2n) is 7.17. The van der Waals surface area contributed by atoms with E-state index in [9.17, 15) is 17.6 Å². The highest BCUT2D eigenvalue weighted by atomic mass is 32.2. The van der Waals surface area contributed by atoms with Crippen LogP contribution in [0.2, 0.25) is 0 Å². The van der Waals surface area contributed by atoms with E-state index in [1.807, 2.05) is 12.1 Å². The van der Waals surface area contributed by atoms with E-state index in [0.717, 1.165) is 24.0 Å². The van der Waals surface area contributed by atoms with Crippen LogP contribution >= 0.6 is 0 Å². The van der Waals surface area contributed by atoms with Crippen LogP contribution in [0.3, 0.4) is 0 Å². The lowest BCUT2D eigenvalue weighted by Crippen LogP contribution is -2.27. The highest BCUT2D eigenvalue weighted by Crippen LogP contribution is 2.25. The van der Waals surface area contributed by atoms with E-state index in [-0.39, 0.29) is 11.7 Å². The molecular formula is C23H21FN2O3S. The van der Waals surface area contributed by atoms with Gasteiger partial charge in [-0.15, -0.1) is 0 Å². The number of benzene rings is 3. The fourth-order valence-electron chi connectivity index (χ4n) is 3.45. The Hall–Kier alpha value is -3.03. The van der Waals surface area contributed by atoms with Crippen LogP contribution in [0.25, 0.3) is 11.1 Å². The fourth-order valence-corrected chi connectivity index (χ4v) is 4.96. The lowest BCUT2D eigenvalue weighted by molar-refractivity contribution is 0.102. The molecule has 0 aliphatic carbocycles. The van der Waals surface area contributed by atoms with Gasteiger partial charge >= 0.3 is 0 Å². The number of hydrogen-bond acceptors (Lipinski definition) is 3. The van der Waals surface area contributed by atoms with E-state index in [0.29, 0.717) is 29.2 Å². The van der Waals surface area contributed by atoms with Gasteiger partial charge in [-0.3, -0.25) is 4.79 Å². The van der Waals surface area contributed by atoms with Crippen molar-refractivity contribution in [3.63, 3.8) is 0 Å². The molecule has 1 amide bonds. The third-order valence-corrected chi connectivity index (χ3v) is 7.05. The summed E-state index contributed by atoms with van der Waals surface area (Å²) in [5.74, 6) is -0.656. The van der Waals surface area contributed by atoms with Crippen molar-refractivity contribution in [2.45, 2.75) is 17.7 Å². The molecule has 0 atom stereocenters. The van der Waals surface area contributed by atoms with Crippen molar-refractivity contribution >= 4 is 21.6 Å². The van der Waals surface area contributed by atoms with Crippen molar-refractivity contribution in [3.05, 3.63) is 84.2 Å². The maximum absolute atomic E-state index is 13.0. The predicted molar refractivity (Wildman–Crippen MR) is 114 cm³/mol. The van der Waals surface area contributed by atoms with Crippen molar-refractivity contribution in [3.8, 4) is 11.1 Å². The number of amides is 1. The Labute approximate surface area is 175 Å². The molecule has 0 bridgehead atoms. The number of nitrogens with zero attached hydrogens (tertiary/aromatic N) is 1. The number of rotatable bonds is 5. The van der Waals surface area contributed by atoms with Gasteiger partial charge in [0.15, 0.2) is 0 Å². The Morgan fingerprint density at radius 2 is 1.33 bits per heavy atom. The van der Waals surface area contributed by atoms with Crippen molar-refractivity contribution < 1.29 is 17.6 Å². The van der Waals surface area contributed by atoms with Crippen LogP contribution in [0, 0.1) is 5.82 Å². The first-order chi connectivity index (χ1) is 14.4. The molecule has 7 heteroatoms. The molecule has 0 saturated carbocycles. The first kappa shape index (κ1) is 20.3. The van der Waals surface area contributed by atoms with Crippen LogP contribution in [0.15, 0.2) is 77.7 Å². The fraction of sp³-hybridized carbons (Fsp3) is 0.174. The van der Waals surface area contributed by atoms with Gasteiger partial charge in [-0.1, -0.05) is 24.3 Å². The summed E-state index contributed by atoms with van der Waals surface area (Å²) in [5, 5.41) is 2.72. The normalized spacial score (nSPS) is 14.6. The summed E-state index contributed by atoms with van der Waals surface area (Å²) in [6, 6.07) is 19.4. The Kier molecular flexibility index (Phi) is 5.65. The summed E-state index contributed by atoms with van der Waals surface area (Å²) in [6.07, 6.45) is 1.80. The third-order valence-electron chi connectivity index (χ3n) is 5.14. The number of anilines is 1. The standard InChI is InChI=1S/C23H21FN2O3S/c24-20-9-11-21(12-10-20)25-23(27)19-5-3-17(4-6-19)18-7-13-22(14-8-18)30(28,29)26-15-1-2-16-26/h3-14H,1-2,15-16H2,(H,25,27). The number of carbonyl (C=O) groups excluding carboxylic acids is 1. The molecule has 1 aliphatic heterocycles. The molecule has 30 heavy (non-hydrogen) atoms. The van der Waals surface area contributed by atoms with Crippen molar-refractivity contribution in [2.24, 2.45) is 0 Å². The van der Waals surface area contributed by atoms with E-state index in [1.165, 1.54) is 28.6 Å². The van der Waals surface area contributed by atoms with Crippen molar-refractivity contribution in [1.29, 1.82) is 0 Å². The van der Waals surface area contributed by atoms with E-state index in [4.69, 9.17) is 0 Å². The van der Waals surface area contributed by atoms with Gasteiger partial charge in [-0.25, -0.2) is 12.8 Å². The maximum Gasteiger partial charge on any atom is 0.255 e. The molecule has 1 fully saturated rings. The lowest BCUT2D eigenvalue weighted by Gasteiger charge is -2.15. The minimum atomic E-state index is -3.43. The molecule has 4 rings (SSSR count). The molecule has 0 aromatic heterocycles. The zero-order valence-electron chi connectivity index (χ0n) is 16.2. The first-order valence-electron chi connectivity index (χ1n) is 9.71. The summed E-state index contributed by atoms with van der Waals surface area (Å²) in [4.78, 5) is 12.6. The summed E-state index contributed by atoms with van der Waals surface area (Å²) < 4.78 is 39.8. The number of halogens is 1. The molecule has 3 aromatic carbocycles.